The number of ether oxygens (including phenoxy) is 2. The molecule has 0 aliphatic carbocycles. The van der Waals surface area contributed by atoms with Gasteiger partial charge in [0.1, 0.15) is 0 Å². The van der Waals surface area contributed by atoms with E-state index < -0.39 is 0 Å². The lowest BCUT2D eigenvalue weighted by molar-refractivity contribution is -0.0491. The van der Waals surface area contributed by atoms with E-state index in [1.165, 1.54) is 6.42 Å². The van der Waals surface area contributed by atoms with E-state index in [2.05, 4.69) is 12.2 Å². The van der Waals surface area contributed by atoms with Crippen molar-refractivity contribution in [2.24, 2.45) is 0 Å². The zero-order valence-electron chi connectivity index (χ0n) is 8.88. The Labute approximate surface area is 80.8 Å². The zero-order valence-corrected chi connectivity index (χ0v) is 8.88. The van der Waals surface area contributed by atoms with E-state index in [1.54, 1.807) is 7.11 Å². The molecular weight excluding hydrogens is 166 g/mol. The third-order valence-electron chi connectivity index (χ3n) is 2.65. The fourth-order valence-electron chi connectivity index (χ4n) is 1.80. The average molecular weight is 187 g/mol. The summed E-state index contributed by atoms with van der Waals surface area (Å²) in [5.41, 5.74) is 0. The molecule has 1 fully saturated rings. The van der Waals surface area contributed by atoms with Crippen molar-refractivity contribution >= 4 is 0 Å². The standard InChI is InChI=1S/C10H21NO2/c1-4-13-10-7-11-8(2)5-6-9(10)12-3/h8-11H,4-7H2,1-3H3. The van der Waals surface area contributed by atoms with Crippen LogP contribution in [-0.4, -0.2) is 38.5 Å². The predicted molar refractivity (Wildman–Crippen MR) is 52.9 cm³/mol. The van der Waals surface area contributed by atoms with Crippen LogP contribution in [0.15, 0.2) is 0 Å². The summed E-state index contributed by atoms with van der Waals surface area (Å²) in [6, 6.07) is 0.586. The van der Waals surface area contributed by atoms with Crippen LogP contribution >= 0.6 is 0 Å². The number of hydrogen-bond acceptors (Lipinski definition) is 3. The Morgan fingerprint density at radius 1 is 1.31 bits per heavy atom. The van der Waals surface area contributed by atoms with Crippen molar-refractivity contribution in [3.8, 4) is 0 Å². The van der Waals surface area contributed by atoms with Crippen LogP contribution in [0.25, 0.3) is 0 Å². The second kappa shape index (κ2) is 5.58. The first-order valence-electron chi connectivity index (χ1n) is 5.15. The summed E-state index contributed by atoms with van der Waals surface area (Å²) < 4.78 is 11.0. The van der Waals surface area contributed by atoms with Crippen molar-refractivity contribution in [1.82, 2.24) is 5.32 Å². The molecule has 3 nitrogen and oxygen atoms in total. The molecular formula is C10H21NO2. The van der Waals surface area contributed by atoms with Crippen LogP contribution in [-0.2, 0) is 9.47 Å². The third kappa shape index (κ3) is 3.25. The van der Waals surface area contributed by atoms with Crippen LogP contribution in [0.1, 0.15) is 26.7 Å². The molecule has 0 spiro atoms. The van der Waals surface area contributed by atoms with Gasteiger partial charge < -0.3 is 14.8 Å². The van der Waals surface area contributed by atoms with E-state index in [4.69, 9.17) is 9.47 Å². The summed E-state index contributed by atoms with van der Waals surface area (Å²) in [6.07, 6.45) is 2.74. The van der Waals surface area contributed by atoms with Gasteiger partial charge >= 0.3 is 0 Å². The van der Waals surface area contributed by atoms with Crippen molar-refractivity contribution < 1.29 is 9.47 Å². The normalized spacial score (nSPS) is 35.8. The first-order chi connectivity index (χ1) is 6.27. The van der Waals surface area contributed by atoms with Crippen molar-refractivity contribution in [2.45, 2.75) is 44.9 Å². The monoisotopic (exact) mass is 187 g/mol. The van der Waals surface area contributed by atoms with E-state index in [9.17, 15) is 0 Å². The summed E-state index contributed by atoms with van der Waals surface area (Å²) in [4.78, 5) is 0. The van der Waals surface area contributed by atoms with Gasteiger partial charge in [-0.1, -0.05) is 0 Å². The van der Waals surface area contributed by atoms with Crippen LogP contribution in [0.4, 0.5) is 0 Å². The summed E-state index contributed by atoms with van der Waals surface area (Å²) in [5.74, 6) is 0. The van der Waals surface area contributed by atoms with Crippen molar-refractivity contribution in [2.75, 3.05) is 20.3 Å². The van der Waals surface area contributed by atoms with Gasteiger partial charge in [-0.05, 0) is 26.7 Å². The molecule has 78 valence electrons. The minimum absolute atomic E-state index is 0.222. The molecule has 13 heavy (non-hydrogen) atoms. The Hall–Kier alpha value is -0.120. The van der Waals surface area contributed by atoms with E-state index in [1.807, 2.05) is 6.92 Å². The molecule has 0 aromatic carbocycles. The zero-order chi connectivity index (χ0) is 9.68. The Morgan fingerprint density at radius 2 is 2.08 bits per heavy atom. The van der Waals surface area contributed by atoms with E-state index in [0.717, 1.165) is 19.6 Å². The molecule has 3 heteroatoms. The van der Waals surface area contributed by atoms with Gasteiger partial charge in [0.2, 0.25) is 0 Å². The molecule has 1 heterocycles. The first-order valence-corrected chi connectivity index (χ1v) is 5.15. The second-order valence-electron chi connectivity index (χ2n) is 3.65. The minimum Gasteiger partial charge on any atom is -0.379 e. The van der Waals surface area contributed by atoms with Crippen molar-refractivity contribution in [1.29, 1.82) is 0 Å². The van der Waals surface area contributed by atoms with Crippen LogP contribution in [0.3, 0.4) is 0 Å². The first kappa shape index (κ1) is 11.0. The average Bonchev–Trinajstić information content (AvgIpc) is 2.30. The lowest BCUT2D eigenvalue weighted by Crippen LogP contribution is -2.38. The maximum Gasteiger partial charge on any atom is 0.0960 e. The van der Waals surface area contributed by atoms with E-state index in [-0.39, 0.29) is 12.2 Å². The van der Waals surface area contributed by atoms with Crippen LogP contribution in [0.2, 0.25) is 0 Å². The van der Waals surface area contributed by atoms with Crippen molar-refractivity contribution in [3.05, 3.63) is 0 Å². The van der Waals surface area contributed by atoms with E-state index >= 15 is 0 Å². The minimum atomic E-state index is 0.222. The molecule has 0 bridgehead atoms. The lowest BCUT2D eigenvalue weighted by Gasteiger charge is -2.23. The molecule has 1 rings (SSSR count). The molecule has 1 aliphatic rings. The number of hydrogen-bond donors (Lipinski definition) is 1. The van der Waals surface area contributed by atoms with Gasteiger partial charge in [0.05, 0.1) is 12.2 Å². The van der Waals surface area contributed by atoms with E-state index in [0.29, 0.717) is 6.04 Å². The molecule has 0 aromatic heterocycles. The van der Waals surface area contributed by atoms with Gasteiger partial charge in [-0.3, -0.25) is 0 Å². The highest BCUT2D eigenvalue weighted by Gasteiger charge is 2.25. The molecule has 3 atom stereocenters. The second-order valence-corrected chi connectivity index (χ2v) is 3.65. The maximum absolute atomic E-state index is 5.63. The quantitative estimate of drug-likeness (QED) is 0.719. The SMILES string of the molecule is CCOC1CNC(C)CCC1OC. The van der Waals surface area contributed by atoms with Gasteiger partial charge in [-0.25, -0.2) is 0 Å². The van der Waals surface area contributed by atoms with Crippen molar-refractivity contribution in [3.63, 3.8) is 0 Å². The Bertz CT molecular complexity index is 141. The largest absolute Gasteiger partial charge is 0.379 e. The number of rotatable bonds is 3. The van der Waals surface area contributed by atoms with Gasteiger partial charge in [0, 0.05) is 26.3 Å². The molecule has 0 aromatic rings. The molecule has 1 N–H and O–H groups in total. The topological polar surface area (TPSA) is 30.5 Å². The highest BCUT2D eigenvalue weighted by molar-refractivity contribution is 4.80. The van der Waals surface area contributed by atoms with Gasteiger partial charge in [-0.2, -0.15) is 0 Å². The summed E-state index contributed by atoms with van der Waals surface area (Å²) in [7, 11) is 1.77. The van der Waals surface area contributed by atoms with Gasteiger partial charge in [0.15, 0.2) is 0 Å². The van der Waals surface area contributed by atoms with Crippen LogP contribution < -0.4 is 5.32 Å². The van der Waals surface area contributed by atoms with Gasteiger partial charge in [-0.15, -0.1) is 0 Å². The Morgan fingerprint density at radius 3 is 2.69 bits per heavy atom. The highest BCUT2D eigenvalue weighted by Crippen LogP contribution is 2.15. The highest BCUT2D eigenvalue weighted by atomic mass is 16.5. The summed E-state index contributed by atoms with van der Waals surface area (Å²) in [5, 5.41) is 3.44. The summed E-state index contributed by atoms with van der Waals surface area (Å²) >= 11 is 0. The summed E-state index contributed by atoms with van der Waals surface area (Å²) in [6.45, 7) is 5.91. The fraction of sp³-hybridized carbons (Fsp3) is 1.00. The van der Waals surface area contributed by atoms with Gasteiger partial charge in [0.25, 0.3) is 0 Å². The fourth-order valence-corrected chi connectivity index (χ4v) is 1.80. The maximum atomic E-state index is 5.63. The lowest BCUT2D eigenvalue weighted by atomic mass is 10.1. The number of nitrogens with one attached hydrogen (secondary N) is 1. The molecule has 0 radical (unpaired) electrons. The predicted octanol–water partition coefficient (Wildman–Crippen LogP) is 1.18. The smallest absolute Gasteiger partial charge is 0.0960 e. The molecule has 0 saturated carbocycles. The third-order valence-corrected chi connectivity index (χ3v) is 2.65. The van der Waals surface area contributed by atoms with Crippen LogP contribution in [0, 0.1) is 0 Å². The van der Waals surface area contributed by atoms with Crippen LogP contribution in [0.5, 0.6) is 0 Å². The molecule has 1 saturated heterocycles. The number of methoxy groups -OCH3 is 1. The molecule has 3 unspecified atom stereocenters. The molecule has 0 amide bonds. The Balaban J connectivity index is 2.46. The Kier molecular flexibility index (Phi) is 4.70. The molecule has 1 aliphatic heterocycles.